The van der Waals surface area contributed by atoms with Crippen molar-refractivity contribution in [3.05, 3.63) is 29.3 Å². The summed E-state index contributed by atoms with van der Waals surface area (Å²) in [6.45, 7) is 0.504. The number of ether oxygens (including phenoxy) is 1. The fraction of sp³-hybridized carbons (Fsp3) is 0.500. The molecule has 1 aromatic rings. The topological polar surface area (TPSA) is 35.2 Å². The zero-order chi connectivity index (χ0) is 12.6. The van der Waals surface area contributed by atoms with Gasteiger partial charge in [0.2, 0.25) is 0 Å². The normalized spacial score (nSPS) is 23.6. The van der Waals surface area contributed by atoms with Gasteiger partial charge in [-0.2, -0.15) is 13.2 Å². The molecule has 0 spiro atoms. The summed E-state index contributed by atoms with van der Waals surface area (Å²) in [6.07, 6.45) is -3.47. The molecule has 2 N–H and O–H groups in total. The molecule has 2 nitrogen and oxygen atoms in total. The average Bonchev–Trinajstić information content (AvgIpc) is 3.06. The standard InChI is InChI=1S/C12H14F3NO/c1-17-11-3-2-8(12(13,14)15)5-10(11)9-4-7(9)6-16/h2-3,5,7,9H,4,6,16H2,1H3/t7-,9+/m0/s1. The van der Waals surface area contributed by atoms with E-state index in [1.807, 2.05) is 0 Å². The molecule has 1 saturated carbocycles. The SMILES string of the molecule is COc1ccc(C(F)(F)F)cc1[C@@H]1C[C@H]1CN. The van der Waals surface area contributed by atoms with Gasteiger partial charge in [-0.1, -0.05) is 0 Å². The van der Waals surface area contributed by atoms with Gasteiger partial charge in [0.1, 0.15) is 5.75 Å². The van der Waals surface area contributed by atoms with Crippen molar-refractivity contribution in [1.82, 2.24) is 0 Å². The minimum Gasteiger partial charge on any atom is -0.496 e. The molecule has 0 heterocycles. The van der Waals surface area contributed by atoms with Crippen LogP contribution in [-0.2, 0) is 6.18 Å². The highest BCUT2D eigenvalue weighted by Gasteiger charge is 2.40. The minimum atomic E-state index is -4.31. The second kappa shape index (κ2) is 4.22. The number of halogens is 3. The average molecular weight is 245 g/mol. The Bertz CT molecular complexity index is 417. The number of hydrogen-bond acceptors (Lipinski definition) is 2. The lowest BCUT2D eigenvalue weighted by atomic mass is 10.0. The van der Waals surface area contributed by atoms with Gasteiger partial charge in [0.25, 0.3) is 0 Å². The van der Waals surface area contributed by atoms with E-state index < -0.39 is 11.7 Å². The molecule has 2 atom stereocenters. The highest BCUT2D eigenvalue weighted by atomic mass is 19.4. The molecule has 0 amide bonds. The summed E-state index contributed by atoms with van der Waals surface area (Å²) in [5, 5.41) is 0. The van der Waals surface area contributed by atoms with Gasteiger partial charge in [-0.3, -0.25) is 0 Å². The summed E-state index contributed by atoms with van der Waals surface area (Å²) in [7, 11) is 1.46. The lowest BCUT2D eigenvalue weighted by Gasteiger charge is -2.12. The van der Waals surface area contributed by atoms with Crippen molar-refractivity contribution in [3.8, 4) is 5.75 Å². The molecule has 0 radical (unpaired) electrons. The van der Waals surface area contributed by atoms with Gasteiger partial charge in [0, 0.05) is 0 Å². The zero-order valence-corrected chi connectivity index (χ0v) is 9.42. The van der Waals surface area contributed by atoms with Gasteiger partial charge in [-0.25, -0.2) is 0 Å². The molecule has 1 fully saturated rings. The Morgan fingerprint density at radius 1 is 1.41 bits per heavy atom. The van der Waals surface area contributed by atoms with E-state index in [-0.39, 0.29) is 11.8 Å². The van der Waals surface area contributed by atoms with Crippen LogP contribution in [0.4, 0.5) is 13.2 Å². The Kier molecular flexibility index (Phi) is 3.03. The van der Waals surface area contributed by atoms with Crippen molar-refractivity contribution in [3.63, 3.8) is 0 Å². The van der Waals surface area contributed by atoms with Crippen LogP contribution in [0.3, 0.4) is 0 Å². The Morgan fingerprint density at radius 3 is 2.59 bits per heavy atom. The number of rotatable bonds is 3. The first-order chi connectivity index (χ1) is 7.97. The van der Waals surface area contributed by atoms with E-state index in [2.05, 4.69) is 0 Å². The van der Waals surface area contributed by atoms with Gasteiger partial charge in [0.05, 0.1) is 12.7 Å². The maximum Gasteiger partial charge on any atom is 0.416 e. The van der Waals surface area contributed by atoms with E-state index >= 15 is 0 Å². The summed E-state index contributed by atoms with van der Waals surface area (Å²) >= 11 is 0. The number of methoxy groups -OCH3 is 1. The molecular formula is C12H14F3NO. The van der Waals surface area contributed by atoms with E-state index in [0.717, 1.165) is 12.5 Å². The monoisotopic (exact) mass is 245 g/mol. The maximum atomic E-state index is 12.6. The second-order valence-electron chi connectivity index (χ2n) is 4.29. The van der Waals surface area contributed by atoms with Crippen LogP contribution in [0.15, 0.2) is 18.2 Å². The molecule has 0 bridgehead atoms. The molecule has 1 aliphatic carbocycles. The molecular weight excluding hydrogens is 231 g/mol. The summed E-state index contributed by atoms with van der Waals surface area (Å²) in [5.41, 5.74) is 5.51. The zero-order valence-electron chi connectivity index (χ0n) is 9.42. The lowest BCUT2D eigenvalue weighted by Crippen LogP contribution is -2.07. The quantitative estimate of drug-likeness (QED) is 0.888. The number of alkyl halides is 3. The molecule has 5 heteroatoms. The van der Waals surface area contributed by atoms with E-state index in [1.54, 1.807) is 0 Å². The van der Waals surface area contributed by atoms with Crippen LogP contribution in [0.2, 0.25) is 0 Å². The Hall–Kier alpha value is -1.23. The van der Waals surface area contributed by atoms with Gasteiger partial charge in [-0.05, 0) is 48.6 Å². The molecule has 0 saturated heterocycles. The summed E-state index contributed by atoms with van der Waals surface area (Å²) < 4.78 is 42.9. The van der Waals surface area contributed by atoms with Crippen molar-refractivity contribution < 1.29 is 17.9 Å². The second-order valence-corrected chi connectivity index (χ2v) is 4.29. The number of nitrogens with two attached hydrogens (primary N) is 1. The molecule has 0 aromatic heterocycles. The van der Waals surface area contributed by atoms with E-state index in [1.165, 1.54) is 19.2 Å². The fourth-order valence-corrected chi connectivity index (χ4v) is 2.09. The first-order valence-corrected chi connectivity index (χ1v) is 5.42. The molecule has 94 valence electrons. The molecule has 1 aliphatic rings. The maximum absolute atomic E-state index is 12.6. The van der Waals surface area contributed by atoms with E-state index in [4.69, 9.17) is 10.5 Å². The fourth-order valence-electron chi connectivity index (χ4n) is 2.09. The molecule has 0 aliphatic heterocycles. The largest absolute Gasteiger partial charge is 0.496 e. The molecule has 17 heavy (non-hydrogen) atoms. The third kappa shape index (κ3) is 2.39. The van der Waals surface area contributed by atoms with E-state index in [0.29, 0.717) is 17.9 Å². The summed E-state index contributed by atoms with van der Waals surface area (Å²) in [4.78, 5) is 0. The van der Waals surface area contributed by atoms with Crippen molar-refractivity contribution >= 4 is 0 Å². The van der Waals surface area contributed by atoms with Crippen molar-refractivity contribution in [2.75, 3.05) is 13.7 Å². The van der Waals surface area contributed by atoms with Crippen molar-refractivity contribution in [2.24, 2.45) is 11.7 Å². The highest BCUT2D eigenvalue weighted by molar-refractivity contribution is 5.43. The van der Waals surface area contributed by atoms with Gasteiger partial charge < -0.3 is 10.5 Å². The van der Waals surface area contributed by atoms with Crippen LogP contribution in [0.5, 0.6) is 5.75 Å². The molecule has 2 rings (SSSR count). The third-order valence-corrected chi connectivity index (χ3v) is 3.18. The molecule has 1 aromatic carbocycles. The first-order valence-electron chi connectivity index (χ1n) is 5.42. The minimum absolute atomic E-state index is 0.109. The predicted octanol–water partition coefficient (Wildman–Crippen LogP) is 2.78. The van der Waals surface area contributed by atoms with Gasteiger partial charge in [-0.15, -0.1) is 0 Å². The third-order valence-electron chi connectivity index (χ3n) is 3.18. The number of benzene rings is 1. The highest BCUT2D eigenvalue weighted by Crippen LogP contribution is 2.50. The van der Waals surface area contributed by atoms with Crippen LogP contribution in [-0.4, -0.2) is 13.7 Å². The van der Waals surface area contributed by atoms with Crippen molar-refractivity contribution in [1.29, 1.82) is 0 Å². The van der Waals surface area contributed by atoms with Crippen LogP contribution in [0.25, 0.3) is 0 Å². The summed E-state index contributed by atoms with van der Waals surface area (Å²) in [5.74, 6) is 0.906. The first kappa shape index (κ1) is 12.2. The predicted molar refractivity (Wildman–Crippen MR) is 57.9 cm³/mol. The number of hydrogen-bond donors (Lipinski definition) is 1. The van der Waals surface area contributed by atoms with Gasteiger partial charge in [0.15, 0.2) is 0 Å². The molecule has 0 unspecified atom stereocenters. The van der Waals surface area contributed by atoms with Crippen molar-refractivity contribution in [2.45, 2.75) is 18.5 Å². The van der Waals surface area contributed by atoms with Crippen LogP contribution >= 0.6 is 0 Å². The Morgan fingerprint density at radius 2 is 2.12 bits per heavy atom. The van der Waals surface area contributed by atoms with Crippen LogP contribution in [0, 0.1) is 5.92 Å². The van der Waals surface area contributed by atoms with Crippen LogP contribution < -0.4 is 10.5 Å². The Balaban J connectivity index is 2.35. The lowest BCUT2D eigenvalue weighted by molar-refractivity contribution is -0.137. The smallest absolute Gasteiger partial charge is 0.416 e. The van der Waals surface area contributed by atoms with E-state index in [9.17, 15) is 13.2 Å². The van der Waals surface area contributed by atoms with Gasteiger partial charge >= 0.3 is 6.18 Å². The Labute approximate surface area is 97.6 Å². The summed E-state index contributed by atoms with van der Waals surface area (Å²) in [6, 6.07) is 3.60. The van der Waals surface area contributed by atoms with Crippen LogP contribution in [0.1, 0.15) is 23.5 Å².